The molecule has 28 heavy (non-hydrogen) atoms. The van der Waals surface area contributed by atoms with Gasteiger partial charge in [0.25, 0.3) is 0 Å². The van der Waals surface area contributed by atoms with Crippen LogP contribution in [0.3, 0.4) is 0 Å². The molecule has 0 bridgehead atoms. The van der Waals surface area contributed by atoms with Crippen molar-refractivity contribution in [1.82, 2.24) is 0 Å². The monoisotopic (exact) mass is 396 g/mol. The summed E-state index contributed by atoms with van der Waals surface area (Å²) in [5.41, 5.74) is 0. The zero-order valence-electron chi connectivity index (χ0n) is 17.2. The quantitative estimate of drug-likeness (QED) is 0.528. The minimum Gasteiger partial charge on any atom is -0.491 e. The largest absolute Gasteiger partial charge is 0.491 e. The van der Waals surface area contributed by atoms with Crippen molar-refractivity contribution in [1.29, 1.82) is 0 Å². The van der Waals surface area contributed by atoms with E-state index in [-0.39, 0.29) is 11.5 Å². The van der Waals surface area contributed by atoms with Crippen LogP contribution in [0.5, 0.6) is 11.5 Å². The highest BCUT2D eigenvalue weighted by molar-refractivity contribution is 5.35. The number of hydrogen-bond donors (Lipinski definition) is 0. The fourth-order valence-electron chi connectivity index (χ4n) is 4.66. The summed E-state index contributed by atoms with van der Waals surface area (Å²) in [6.07, 6.45) is 9.80. The molecule has 0 radical (unpaired) electrons. The molecule has 1 saturated heterocycles. The third-order valence-electron chi connectivity index (χ3n) is 6.31. The molecule has 1 saturated carbocycles. The first-order valence-corrected chi connectivity index (χ1v) is 11.0. The molecule has 158 valence electrons. The van der Waals surface area contributed by atoms with Gasteiger partial charge in [-0.15, -0.1) is 0 Å². The molecule has 1 aliphatic carbocycles. The van der Waals surface area contributed by atoms with Gasteiger partial charge in [0.1, 0.15) is 0 Å². The number of benzene rings is 1. The summed E-state index contributed by atoms with van der Waals surface area (Å²) < 4.78 is 44.9. The Labute approximate surface area is 167 Å². The van der Waals surface area contributed by atoms with Gasteiger partial charge in [0, 0.05) is 6.61 Å². The third kappa shape index (κ3) is 5.37. The Morgan fingerprint density at radius 3 is 2.11 bits per heavy atom. The highest BCUT2D eigenvalue weighted by atomic mass is 19.2. The van der Waals surface area contributed by atoms with Gasteiger partial charge in [0.15, 0.2) is 11.5 Å². The predicted octanol–water partition coefficient (Wildman–Crippen LogP) is 6.14. The van der Waals surface area contributed by atoms with Gasteiger partial charge in [-0.2, -0.15) is 8.78 Å². The van der Waals surface area contributed by atoms with Crippen LogP contribution in [-0.4, -0.2) is 25.9 Å². The average Bonchev–Trinajstić information content (AvgIpc) is 2.72. The number of hydrogen-bond acceptors (Lipinski definition) is 3. The van der Waals surface area contributed by atoms with Crippen LogP contribution in [0.4, 0.5) is 8.78 Å². The van der Waals surface area contributed by atoms with Gasteiger partial charge in [0.2, 0.25) is 11.6 Å². The standard InChI is InChI=1S/C23H34F2O3/c1-3-5-16-8-11-19(27-14-16)18-9-6-17(7-10-18)15-28-21-13-12-20(26-4-2)22(24)23(21)25/h12-13,16-19H,3-11,14-15H2,1-2H3. The minimum absolute atomic E-state index is 0.0272. The molecule has 1 heterocycles. The lowest BCUT2D eigenvalue weighted by molar-refractivity contribution is -0.0605. The van der Waals surface area contributed by atoms with Gasteiger partial charge in [-0.05, 0) is 81.8 Å². The molecule has 2 unspecified atom stereocenters. The number of ether oxygens (including phenoxy) is 3. The summed E-state index contributed by atoms with van der Waals surface area (Å²) in [6, 6.07) is 2.89. The van der Waals surface area contributed by atoms with Crippen molar-refractivity contribution in [3.05, 3.63) is 23.8 Å². The van der Waals surface area contributed by atoms with Crippen molar-refractivity contribution >= 4 is 0 Å². The van der Waals surface area contributed by atoms with Crippen molar-refractivity contribution in [3.8, 4) is 11.5 Å². The van der Waals surface area contributed by atoms with Gasteiger partial charge in [0.05, 0.1) is 19.3 Å². The van der Waals surface area contributed by atoms with Crippen molar-refractivity contribution < 1.29 is 23.0 Å². The average molecular weight is 397 g/mol. The molecule has 2 atom stereocenters. The molecule has 3 nitrogen and oxygen atoms in total. The van der Waals surface area contributed by atoms with Crippen molar-refractivity contribution in [3.63, 3.8) is 0 Å². The summed E-state index contributed by atoms with van der Waals surface area (Å²) in [5.74, 6) is -0.256. The molecule has 0 spiro atoms. The van der Waals surface area contributed by atoms with Crippen LogP contribution in [0.25, 0.3) is 0 Å². The third-order valence-corrected chi connectivity index (χ3v) is 6.31. The first-order chi connectivity index (χ1) is 13.6. The SMILES string of the molecule is CCCC1CCC(C2CCC(COc3ccc(OCC)c(F)c3F)CC2)OC1. The number of rotatable bonds is 8. The smallest absolute Gasteiger partial charge is 0.204 e. The highest BCUT2D eigenvalue weighted by Crippen LogP contribution is 2.37. The lowest BCUT2D eigenvalue weighted by atomic mass is 9.77. The van der Waals surface area contributed by atoms with Crippen molar-refractivity contribution in [2.45, 2.75) is 71.3 Å². The van der Waals surface area contributed by atoms with Gasteiger partial charge >= 0.3 is 0 Å². The lowest BCUT2D eigenvalue weighted by Crippen LogP contribution is -2.34. The maximum atomic E-state index is 14.1. The van der Waals surface area contributed by atoms with Crippen LogP contribution < -0.4 is 9.47 Å². The Morgan fingerprint density at radius 1 is 0.893 bits per heavy atom. The van der Waals surface area contributed by atoms with E-state index in [4.69, 9.17) is 14.2 Å². The van der Waals surface area contributed by atoms with Gasteiger partial charge in [-0.3, -0.25) is 0 Å². The maximum absolute atomic E-state index is 14.1. The topological polar surface area (TPSA) is 27.7 Å². The Balaban J connectivity index is 1.42. The summed E-state index contributed by atoms with van der Waals surface area (Å²) in [6.45, 7) is 5.62. The van der Waals surface area contributed by atoms with E-state index < -0.39 is 11.6 Å². The molecular weight excluding hydrogens is 362 g/mol. The summed E-state index contributed by atoms with van der Waals surface area (Å²) in [5, 5.41) is 0. The molecule has 3 rings (SSSR count). The van der Waals surface area contributed by atoms with Crippen LogP contribution in [0.2, 0.25) is 0 Å². The van der Waals surface area contributed by atoms with Gasteiger partial charge < -0.3 is 14.2 Å². The molecule has 0 N–H and O–H groups in total. The zero-order valence-corrected chi connectivity index (χ0v) is 17.2. The van der Waals surface area contributed by atoms with Crippen LogP contribution in [-0.2, 0) is 4.74 Å². The van der Waals surface area contributed by atoms with Gasteiger partial charge in [-0.25, -0.2) is 0 Å². The second kappa shape index (κ2) is 10.4. The van der Waals surface area contributed by atoms with Gasteiger partial charge in [-0.1, -0.05) is 13.3 Å². The van der Waals surface area contributed by atoms with E-state index >= 15 is 0 Å². The molecule has 0 amide bonds. The molecule has 2 aliphatic rings. The minimum atomic E-state index is -0.973. The summed E-state index contributed by atoms with van der Waals surface area (Å²) >= 11 is 0. The Morgan fingerprint density at radius 2 is 1.54 bits per heavy atom. The normalized spacial score (nSPS) is 28.1. The van der Waals surface area contributed by atoms with E-state index in [0.717, 1.165) is 38.2 Å². The van der Waals surface area contributed by atoms with E-state index in [2.05, 4.69) is 6.92 Å². The summed E-state index contributed by atoms with van der Waals surface area (Å²) in [4.78, 5) is 0. The molecule has 1 aromatic carbocycles. The van der Waals surface area contributed by atoms with Crippen LogP contribution in [0.1, 0.15) is 65.2 Å². The Bertz CT molecular complexity index is 606. The molecule has 2 fully saturated rings. The first-order valence-electron chi connectivity index (χ1n) is 11.0. The van der Waals surface area contributed by atoms with E-state index in [9.17, 15) is 8.78 Å². The fraction of sp³-hybridized carbons (Fsp3) is 0.739. The van der Waals surface area contributed by atoms with Crippen molar-refractivity contribution in [2.75, 3.05) is 19.8 Å². The highest BCUT2D eigenvalue weighted by Gasteiger charge is 2.31. The molecule has 1 aromatic rings. The number of halogens is 2. The van der Waals surface area contributed by atoms with E-state index in [0.29, 0.717) is 31.2 Å². The maximum Gasteiger partial charge on any atom is 0.204 e. The Hall–Kier alpha value is -1.36. The second-order valence-electron chi connectivity index (χ2n) is 8.32. The van der Waals surface area contributed by atoms with E-state index in [1.165, 1.54) is 37.8 Å². The molecule has 5 heteroatoms. The molecular formula is C23H34F2O3. The summed E-state index contributed by atoms with van der Waals surface area (Å²) in [7, 11) is 0. The van der Waals surface area contributed by atoms with E-state index in [1.807, 2.05) is 0 Å². The molecule has 1 aliphatic heterocycles. The van der Waals surface area contributed by atoms with E-state index in [1.54, 1.807) is 6.92 Å². The molecule has 0 aromatic heterocycles. The lowest BCUT2D eigenvalue weighted by Gasteiger charge is -2.37. The van der Waals surface area contributed by atoms with Crippen LogP contribution >= 0.6 is 0 Å². The fourth-order valence-corrected chi connectivity index (χ4v) is 4.66. The first kappa shape index (κ1) is 21.4. The Kier molecular flexibility index (Phi) is 7.95. The second-order valence-corrected chi connectivity index (χ2v) is 8.32. The van der Waals surface area contributed by atoms with Crippen LogP contribution in [0, 0.1) is 29.4 Å². The van der Waals surface area contributed by atoms with Crippen LogP contribution in [0.15, 0.2) is 12.1 Å². The van der Waals surface area contributed by atoms with Crippen molar-refractivity contribution in [2.24, 2.45) is 17.8 Å². The predicted molar refractivity (Wildman–Crippen MR) is 106 cm³/mol. The zero-order chi connectivity index (χ0) is 19.9.